The number of hydrogen-bond acceptors (Lipinski definition) is 5. The Kier molecular flexibility index (Phi) is 3.87. The van der Waals surface area contributed by atoms with Crippen molar-refractivity contribution in [2.45, 2.75) is 25.9 Å². The third kappa shape index (κ3) is 2.95. The van der Waals surface area contributed by atoms with Crippen molar-refractivity contribution in [1.82, 2.24) is 24.6 Å². The van der Waals surface area contributed by atoms with Crippen molar-refractivity contribution in [3.63, 3.8) is 0 Å². The van der Waals surface area contributed by atoms with Crippen LogP contribution in [0, 0.1) is 0 Å². The van der Waals surface area contributed by atoms with Crippen molar-refractivity contribution >= 4 is 17.5 Å². The van der Waals surface area contributed by atoms with Crippen LogP contribution in [0.4, 0.5) is 5.69 Å². The summed E-state index contributed by atoms with van der Waals surface area (Å²) in [6.07, 6.45) is 3.63. The third-order valence-corrected chi connectivity index (χ3v) is 4.70. The number of hydrogen-bond donors (Lipinski definition) is 1. The Bertz CT molecular complexity index is 824. The fourth-order valence-corrected chi connectivity index (χ4v) is 3.35. The summed E-state index contributed by atoms with van der Waals surface area (Å²) >= 11 is 0. The average Bonchev–Trinajstić information content (AvgIpc) is 3.29. The number of amides is 2. The van der Waals surface area contributed by atoms with Gasteiger partial charge in [-0.2, -0.15) is 5.10 Å². The number of fused-ring (bicyclic) bond motifs is 1. The lowest BCUT2D eigenvalue weighted by Gasteiger charge is -2.27. The summed E-state index contributed by atoms with van der Waals surface area (Å²) in [5, 5.41) is 4.43. The molecule has 2 N–H and O–H groups in total. The van der Waals surface area contributed by atoms with Crippen LogP contribution in [-0.4, -0.2) is 56.0 Å². The van der Waals surface area contributed by atoms with Crippen LogP contribution >= 0.6 is 0 Å². The van der Waals surface area contributed by atoms with Crippen LogP contribution in [0.2, 0.25) is 0 Å². The van der Waals surface area contributed by atoms with Crippen LogP contribution in [0.15, 0.2) is 24.4 Å². The highest BCUT2D eigenvalue weighted by Crippen LogP contribution is 2.19. The number of nitrogen functional groups attached to an aromatic ring is 1. The van der Waals surface area contributed by atoms with Crippen molar-refractivity contribution in [3.05, 3.63) is 41.5 Å². The van der Waals surface area contributed by atoms with Crippen molar-refractivity contribution in [1.29, 1.82) is 0 Å². The molecular weight excluding hydrogens is 320 g/mol. The standard InChI is InChI=1S/C17H20N6O2/c18-12-3-4-19-14(9-12)16(24)22-7-8-23-13(11-22)10-15(20-23)17(25)21-5-1-2-6-21/h3-4,9-10H,1-2,5-8,11H2,(H2,18,19). The van der Waals surface area contributed by atoms with E-state index in [1.165, 1.54) is 6.20 Å². The highest BCUT2D eigenvalue weighted by Gasteiger charge is 2.27. The maximum atomic E-state index is 12.6. The molecule has 0 unspecified atom stereocenters. The number of nitrogens with zero attached hydrogens (tertiary/aromatic N) is 5. The minimum Gasteiger partial charge on any atom is -0.399 e. The monoisotopic (exact) mass is 340 g/mol. The first kappa shape index (κ1) is 15.6. The highest BCUT2D eigenvalue weighted by molar-refractivity contribution is 5.94. The summed E-state index contributed by atoms with van der Waals surface area (Å²) in [6, 6.07) is 5.03. The molecule has 1 fully saturated rings. The highest BCUT2D eigenvalue weighted by atomic mass is 16.2. The van der Waals surface area contributed by atoms with E-state index in [2.05, 4.69) is 10.1 Å². The number of likely N-dealkylation sites (tertiary alicyclic amines) is 1. The molecule has 0 aliphatic carbocycles. The second-order valence-corrected chi connectivity index (χ2v) is 6.44. The number of nitrogens with two attached hydrogens (primary N) is 1. The summed E-state index contributed by atoms with van der Waals surface area (Å²) in [4.78, 5) is 32.8. The van der Waals surface area contributed by atoms with Crippen LogP contribution in [0.3, 0.4) is 0 Å². The molecule has 1 saturated heterocycles. The molecule has 0 aromatic carbocycles. The van der Waals surface area contributed by atoms with Gasteiger partial charge in [0.05, 0.1) is 18.8 Å². The largest absolute Gasteiger partial charge is 0.399 e. The van der Waals surface area contributed by atoms with Gasteiger partial charge in [0.1, 0.15) is 5.69 Å². The van der Waals surface area contributed by atoms with Crippen molar-refractivity contribution in [2.24, 2.45) is 0 Å². The van der Waals surface area contributed by atoms with Crippen LogP contribution in [0.1, 0.15) is 39.5 Å². The van der Waals surface area contributed by atoms with Gasteiger partial charge in [0.15, 0.2) is 5.69 Å². The van der Waals surface area contributed by atoms with E-state index in [-0.39, 0.29) is 11.8 Å². The Morgan fingerprint density at radius 2 is 1.72 bits per heavy atom. The summed E-state index contributed by atoms with van der Waals surface area (Å²) in [7, 11) is 0. The number of pyridine rings is 1. The molecule has 130 valence electrons. The molecule has 2 aliphatic heterocycles. The molecule has 0 bridgehead atoms. The number of carbonyl (C=O) groups excluding carboxylic acids is 2. The van der Waals surface area contributed by atoms with Crippen LogP contribution in [-0.2, 0) is 13.1 Å². The van der Waals surface area contributed by atoms with Gasteiger partial charge in [-0.05, 0) is 31.0 Å². The number of carbonyl (C=O) groups is 2. The SMILES string of the molecule is Nc1ccnc(C(=O)N2CCn3nc(C(=O)N4CCCC4)cc3C2)c1. The van der Waals surface area contributed by atoms with E-state index in [9.17, 15) is 9.59 Å². The molecule has 25 heavy (non-hydrogen) atoms. The van der Waals surface area contributed by atoms with Gasteiger partial charge >= 0.3 is 0 Å². The molecule has 8 heteroatoms. The zero-order chi connectivity index (χ0) is 17.4. The molecule has 0 spiro atoms. The molecule has 2 amide bonds. The lowest BCUT2D eigenvalue weighted by Crippen LogP contribution is -2.38. The van der Waals surface area contributed by atoms with Crippen molar-refractivity contribution < 1.29 is 9.59 Å². The van der Waals surface area contributed by atoms with Crippen LogP contribution in [0.5, 0.6) is 0 Å². The zero-order valence-electron chi connectivity index (χ0n) is 13.9. The lowest BCUT2D eigenvalue weighted by molar-refractivity contribution is 0.0698. The molecule has 2 aliphatic rings. The second-order valence-electron chi connectivity index (χ2n) is 6.44. The molecule has 4 rings (SSSR count). The van der Waals surface area contributed by atoms with E-state index >= 15 is 0 Å². The van der Waals surface area contributed by atoms with Crippen LogP contribution in [0.25, 0.3) is 0 Å². The summed E-state index contributed by atoms with van der Waals surface area (Å²) in [5.74, 6) is -0.179. The predicted molar refractivity (Wildman–Crippen MR) is 90.8 cm³/mol. The molecule has 0 radical (unpaired) electrons. The molecule has 0 saturated carbocycles. The predicted octanol–water partition coefficient (Wildman–Crippen LogP) is 0.752. The van der Waals surface area contributed by atoms with Gasteiger partial charge < -0.3 is 15.5 Å². The third-order valence-electron chi connectivity index (χ3n) is 4.70. The zero-order valence-corrected chi connectivity index (χ0v) is 13.9. The molecular formula is C17H20N6O2. The van der Waals surface area contributed by atoms with E-state index in [0.717, 1.165) is 31.6 Å². The number of rotatable bonds is 2. The second kappa shape index (κ2) is 6.19. The Morgan fingerprint density at radius 1 is 0.960 bits per heavy atom. The summed E-state index contributed by atoms with van der Waals surface area (Å²) in [6.45, 7) is 3.10. The fourth-order valence-electron chi connectivity index (χ4n) is 3.35. The molecule has 2 aromatic rings. The van der Waals surface area contributed by atoms with Crippen molar-refractivity contribution in [2.75, 3.05) is 25.4 Å². The Balaban J connectivity index is 1.51. The first-order valence-corrected chi connectivity index (χ1v) is 8.48. The molecule has 4 heterocycles. The maximum absolute atomic E-state index is 12.6. The Morgan fingerprint density at radius 3 is 2.48 bits per heavy atom. The van der Waals surface area contributed by atoms with Gasteiger partial charge in [-0.25, -0.2) is 0 Å². The van der Waals surface area contributed by atoms with E-state index in [4.69, 9.17) is 5.73 Å². The lowest BCUT2D eigenvalue weighted by atomic mass is 10.2. The van der Waals surface area contributed by atoms with Gasteiger partial charge in [0.2, 0.25) is 0 Å². The van der Waals surface area contributed by atoms with E-state index in [0.29, 0.717) is 36.7 Å². The summed E-state index contributed by atoms with van der Waals surface area (Å²) < 4.78 is 1.82. The molecule has 2 aromatic heterocycles. The van der Waals surface area contributed by atoms with E-state index in [1.54, 1.807) is 23.1 Å². The van der Waals surface area contributed by atoms with E-state index < -0.39 is 0 Å². The van der Waals surface area contributed by atoms with Gasteiger partial charge in [0.25, 0.3) is 11.8 Å². The number of aromatic nitrogens is 3. The first-order chi connectivity index (χ1) is 12.1. The van der Waals surface area contributed by atoms with Gasteiger partial charge in [0, 0.05) is 31.5 Å². The minimum atomic E-state index is -0.160. The summed E-state index contributed by atoms with van der Waals surface area (Å²) in [5.41, 5.74) is 7.91. The topological polar surface area (TPSA) is 97.4 Å². The van der Waals surface area contributed by atoms with Gasteiger partial charge in [-0.1, -0.05) is 0 Å². The molecule has 0 atom stereocenters. The number of anilines is 1. The van der Waals surface area contributed by atoms with Gasteiger partial charge in [-0.3, -0.25) is 19.3 Å². The average molecular weight is 340 g/mol. The first-order valence-electron chi connectivity index (χ1n) is 8.48. The fraction of sp³-hybridized carbons (Fsp3) is 0.412. The normalized spacial score (nSPS) is 16.8. The minimum absolute atomic E-state index is 0.0187. The molecule has 8 nitrogen and oxygen atoms in total. The Hall–Kier alpha value is -2.90. The van der Waals surface area contributed by atoms with E-state index in [1.807, 2.05) is 9.58 Å². The van der Waals surface area contributed by atoms with Gasteiger partial charge in [-0.15, -0.1) is 0 Å². The smallest absolute Gasteiger partial charge is 0.274 e. The van der Waals surface area contributed by atoms with Crippen molar-refractivity contribution in [3.8, 4) is 0 Å². The quantitative estimate of drug-likeness (QED) is 0.870. The Labute approximate surface area is 145 Å². The maximum Gasteiger partial charge on any atom is 0.274 e. The van der Waals surface area contributed by atoms with Crippen LogP contribution < -0.4 is 5.73 Å².